The zero-order chi connectivity index (χ0) is 14.1. The predicted molar refractivity (Wildman–Crippen MR) is 80.2 cm³/mol. The predicted octanol–water partition coefficient (Wildman–Crippen LogP) is 3.06. The average molecular weight is 286 g/mol. The number of hydrogen-bond donors (Lipinski definition) is 1. The van der Waals surface area contributed by atoms with E-state index < -0.39 is 0 Å². The molecule has 0 spiro atoms. The molecule has 2 heterocycles. The SMILES string of the molecule is CSc1ncc2c(n1)NC(=O)N(c1ccccc1C)C2. The molecule has 0 fully saturated rings. The van der Waals surface area contributed by atoms with Gasteiger partial charge in [0.1, 0.15) is 5.82 Å². The summed E-state index contributed by atoms with van der Waals surface area (Å²) >= 11 is 1.46. The first kappa shape index (κ1) is 12.9. The van der Waals surface area contributed by atoms with Crippen molar-refractivity contribution in [2.45, 2.75) is 18.6 Å². The minimum atomic E-state index is -0.155. The van der Waals surface area contributed by atoms with Crippen LogP contribution in [-0.2, 0) is 6.54 Å². The van der Waals surface area contributed by atoms with Crippen LogP contribution in [-0.4, -0.2) is 22.3 Å². The average Bonchev–Trinajstić information content (AvgIpc) is 2.47. The molecule has 0 saturated carbocycles. The molecule has 1 N–H and O–H groups in total. The van der Waals surface area contributed by atoms with Gasteiger partial charge in [0.25, 0.3) is 0 Å². The standard InChI is InChI=1S/C14H14N4OS/c1-9-5-3-4-6-11(9)18-8-10-7-15-13(20-2)16-12(10)17-14(18)19/h3-7H,8H2,1-2H3,(H,15,16,17,19). The van der Waals surface area contributed by atoms with E-state index >= 15 is 0 Å². The lowest BCUT2D eigenvalue weighted by molar-refractivity contribution is 0.255. The molecule has 0 bridgehead atoms. The molecule has 0 radical (unpaired) electrons. The van der Waals surface area contributed by atoms with Gasteiger partial charge in [-0.15, -0.1) is 0 Å². The third kappa shape index (κ3) is 2.22. The highest BCUT2D eigenvalue weighted by Gasteiger charge is 2.26. The van der Waals surface area contributed by atoms with Gasteiger partial charge >= 0.3 is 6.03 Å². The van der Waals surface area contributed by atoms with Gasteiger partial charge in [0.05, 0.1) is 6.54 Å². The molecule has 6 heteroatoms. The second kappa shape index (κ2) is 5.13. The molecule has 0 unspecified atom stereocenters. The Morgan fingerprint density at radius 1 is 1.35 bits per heavy atom. The normalized spacial score (nSPS) is 13.9. The van der Waals surface area contributed by atoms with Crippen LogP contribution in [0.3, 0.4) is 0 Å². The summed E-state index contributed by atoms with van der Waals surface area (Å²) in [6.45, 7) is 2.48. The lowest BCUT2D eigenvalue weighted by Gasteiger charge is -2.29. The number of anilines is 2. The van der Waals surface area contributed by atoms with Crippen LogP contribution < -0.4 is 10.2 Å². The number of benzene rings is 1. The molecule has 5 nitrogen and oxygen atoms in total. The lowest BCUT2D eigenvalue weighted by Crippen LogP contribution is -2.39. The molecule has 0 aliphatic carbocycles. The molecule has 1 aliphatic heterocycles. The number of aromatic nitrogens is 2. The van der Waals surface area contributed by atoms with Gasteiger partial charge in [-0.05, 0) is 24.8 Å². The Labute approximate surface area is 121 Å². The molecule has 2 amide bonds. The van der Waals surface area contributed by atoms with Crippen LogP contribution in [0.5, 0.6) is 0 Å². The lowest BCUT2D eigenvalue weighted by atomic mass is 10.1. The van der Waals surface area contributed by atoms with Crippen LogP contribution in [0, 0.1) is 6.92 Å². The maximum atomic E-state index is 12.3. The summed E-state index contributed by atoms with van der Waals surface area (Å²) in [4.78, 5) is 22.6. The highest BCUT2D eigenvalue weighted by Crippen LogP contribution is 2.28. The number of carbonyl (C=O) groups is 1. The van der Waals surface area contributed by atoms with E-state index in [4.69, 9.17) is 0 Å². The molecule has 0 atom stereocenters. The molecule has 2 aromatic rings. The second-order valence-corrected chi connectivity index (χ2v) is 5.31. The summed E-state index contributed by atoms with van der Waals surface area (Å²) in [7, 11) is 0. The number of rotatable bonds is 2. The van der Waals surface area contributed by atoms with Gasteiger partial charge in [-0.25, -0.2) is 14.8 Å². The third-order valence-electron chi connectivity index (χ3n) is 3.23. The first-order chi connectivity index (χ1) is 9.69. The van der Waals surface area contributed by atoms with E-state index in [0.29, 0.717) is 17.5 Å². The second-order valence-electron chi connectivity index (χ2n) is 4.53. The maximum Gasteiger partial charge on any atom is 0.327 e. The van der Waals surface area contributed by atoms with E-state index in [2.05, 4.69) is 15.3 Å². The first-order valence-electron chi connectivity index (χ1n) is 6.23. The Kier molecular flexibility index (Phi) is 3.31. The number of nitrogens with one attached hydrogen (secondary N) is 1. The Morgan fingerprint density at radius 2 is 2.15 bits per heavy atom. The molecule has 1 aliphatic rings. The minimum absolute atomic E-state index is 0.155. The van der Waals surface area contributed by atoms with Crippen LogP contribution in [0.2, 0.25) is 0 Å². The fraction of sp³-hybridized carbons (Fsp3) is 0.214. The van der Waals surface area contributed by atoms with E-state index in [9.17, 15) is 4.79 Å². The van der Waals surface area contributed by atoms with Crippen molar-refractivity contribution in [2.24, 2.45) is 0 Å². The summed E-state index contributed by atoms with van der Waals surface area (Å²) in [5.74, 6) is 0.610. The van der Waals surface area contributed by atoms with E-state index in [1.165, 1.54) is 11.8 Å². The van der Waals surface area contributed by atoms with Gasteiger partial charge in [-0.3, -0.25) is 10.2 Å². The number of para-hydroxylation sites is 1. The number of amides is 2. The zero-order valence-corrected chi connectivity index (χ0v) is 12.1. The van der Waals surface area contributed by atoms with E-state index in [-0.39, 0.29) is 6.03 Å². The van der Waals surface area contributed by atoms with E-state index in [0.717, 1.165) is 16.8 Å². The molecular weight excluding hydrogens is 272 g/mol. The highest BCUT2D eigenvalue weighted by molar-refractivity contribution is 7.98. The Hall–Kier alpha value is -2.08. The molecule has 3 rings (SSSR count). The number of hydrogen-bond acceptors (Lipinski definition) is 4. The quantitative estimate of drug-likeness (QED) is 0.681. The van der Waals surface area contributed by atoms with Crippen LogP contribution in [0.15, 0.2) is 35.6 Å². The summed E-state index contributed by atoms with van der Waals surface area (Å²) < 4.78 is 0. The Bertz CT molecular complexity index is 674. The smallest absolute Gasteiger partial charge is 0.291 e. The van der Waals surface area contributed by atoms with Gasteiger partial charge < -0.3 is 0 Å². The number of thioether (sulfide) groups is 1. The van der Waals surface area contributed by atoms with E-state index in [1.807, 2.05) is 37.4 Å². The van der Waals surface area contributed by atoms with Crippen molar-refractivity contribution in [2.75, 3.05) is 16.5 Å². The molecule has 1 aromatic carbocycles. The summed E-state index contributed by atoms with van der Waals surface area (Å²) in [5, 5.41) is 3.49. The first-order valence-corrected chi connectivity index (χ1v) is 7.45. The van der Waals surface area contributed by atoms with Crippen LogP contribution >= 0.6 is 11.8 Å². The van der Waals surface area contributed by atoms with Crippen molar-refractivity contribution in [1.82, 2.24) is 9.97 Å². The van der Waals surface area contributed by atoms with Crippen molar-refractivity contribution < 1.29 is 4.79 Å². The number of aryl methyl sites for hydroxylation is 1. The fourth-order valence-electron chi connectivity index (χ4n) is 2.18. The van der Waals surface area contributed by atoms with Crippen LogP contribution in [0.25, 0.3) is 0 Å². The third-order valence-corrected chi connectivity index (χ3v) is 3.79. The summed E-state index contributed by atoms with van der Waals surface area (Å²) in [6, 6.07) is 7.67. The number of urea groups is 1. The van der Waals surface area contributed by atoms with Gasteiger partial charge in [0.15, 0.2) is 5.16 Å². The Balaban J connectivity index is 1.97. The minimum Gasteiger partial charge on any atom is -0.291 e. The monoisotopic (exact) mass is 286 g/mol. The van der Waals surface area contributed by atoms with Gasteiger partial charge in [0.2, 0.25) is 0 Å². The highest BCUT2D eigenvalue weighted by atomic mass is 32.2. The summed E-state index contributed by atoms with van der Waals surface area (Å²) in [6.07, 6.45) is 3.69. The largest absolute Gasteiger partial charge is 0.327 e. The van der Waals surface area contributed by atoms with Gasteiger partial charge in [-0.1, -0.05) is 30.0 Å². The van der Waals surface area contributed by atoms with Crippen molar-refractivity contribution >= 4 is 29.3 Å². The molecule has 1 aromatic heterocycles. The molecule has 20 heavy (non-hydrogen) atoms. The van der Waals surface area contributed by atoms with Crippen molar-refractivity contribution in [1.29, 1.82) is 0 Å². The van der Waals surface area contributed by atoms with Gasteiger partial charge in [-0.2, -0.15) is 0 Å². The molecule has 0 saturated heterocycles. The number of nitrogens with zero attached hydrogens (tertiary/aromatic N) is 3. The van der Waals surface area contributed by atoms with Gasteiger partial charge in [0, 0.05) is 17.4 Å². The molecular formula is C14H14N4OS. The fourth-order valence-corrected chi connectivity index (χ4v) is 2.53. The zero-order valence-electron chi connectivity index (χ0n) is 11.3. The molecule has 102 valence electrons. The van der Waals surface area contributed by atoms with Crippen LogP contribution in [0.4, 0.5) is 16.3 Å². The van der Waals surface area contributed by atoms with Crippen molar-refractivity contribution in [3.8, 4) is 0 Å². The van der Waals surface area contributed by atoms with E-state index in [1.54, 1.807) is 11.1 Å². The van der Waals surface area contributed by atoms with Crippen molar-refractivity contribution in [3.05, 3.63) is 41.6 Å². The van der Waals surface area contributed by atoms with Crippen LogP contribution in [0.1, 0.15) is 11.1 Å². The topological polar surface area (TPSA) is 58.1 Å². The summed E-state index contributed by atoms with van der Waals surface area (Å²) in [5.41, 5.74) is 2.89. The Morgan fingerprint density at radius 3 is 2.90 bits per heavy atom. The maximum absolute atomic E-state index is 12.3. The number of carbonyl (C=O) groups excluding carboxylic acids is 1. The number of fused-ring (bicyclic) bond motifs is 1. The van der Waals surface area contributed by atoms with Crippen molar-refractivity contribution in [3.63, 3.8) is 0 Å².